The molecule has 0 atom stereocenters. The summed E-state index contributed by atoms with van der Waals surface area (Å²) in [5, 5.41) is 2.44. The van der Waals surface area contributed by atoms with E-state index in [0.29, 0.717) is 17.5 Å². The summed E-state index contributed by atoms with van der Waals surface area (Å²) in [5.74, 6) is 1.95. The molecule has 3 nitrogen and oxygen atoms in total. The minimum absolute atomic E-state index is 0.644. The molecule has 0 aliphatic heterocycles. The van der Waals surface area contributed by atoms with Crippen molar-refractivity contribution in [1.29, 1.82) is 0 Å². The van der Waals surface area contributed by atoms with E-state index in [4.69, 9.17) is 15.0 Å². The third-order valence-electron chi connectivity index (χ3n) is 8.94. The molecule has 2 heterocycles. The zero-order valence-electron chi connectivity index (χ0n) is 26.5. The van der Waals surface area contributed by atoms with E-state index >= 15 is 0 Å². The number of fused-ring (bicyclic) bond motifs is 3. The second-order valence-corrected chi connectivity index (χ2v) is 13.1. The second kappa shape index (κ2) is 12.4. The van der Waals surface area contributed by atoms with Gasteiger partial charge in [-0.15, -0.1) is 11.3 Å². The van der Waals surface area contributed by atoms with E-state index in [0.717, 1.165) is 38.9 Å². The van der Waals surface area contributed by atoms with Gasteiger partial charge >= 0.3 is 0 Å². The summed E-state index contributed by atoms with van der Waals surface area (Å²) in [6.45, 7) is 0. The molecule has 0 spiro atoms. The van der Waals surface area contributed by atoms with Gasteiger partial charge in [-0.1, -0.05) is 158 Å². The van der Waals surface area contributed by atoms with Crippen LogP contribution in [-0.2, 0) is 0 Å². The van der Waals surface area contributed by atoms with Crippen LogP contribution < -0.4 is 0 Å². The molecular weight excluding hydrogens is 615 g/mol. The smallest absolute Gasteiger partial charge is 0.165 e. The Kier molecular flexibility index (Phi) is 7.34. The highest BCUT2D eigenvalue weighted by atomic mass is 32.1. The van der Waals surface area contributed by atoms with E-state index in [1.54, 1.807) is 11.3 Å². The van der Waals surface area contributed by atoms with Crippen molar-refractivity contribution >= 4 is 31.5 Å². The third-order valence-corrected chi connectivity index (χ3v) is 10.2. The number of nitrogens with zero attached hydrogens (tertiary/aromatic N) is 3. The average Bonchev–Trinajstić information content (AvgIpc) is 3.58. The first-order chi connectivity index (χ1) is 24.3. The molecule has 0 radical (unpaired) electrons. The molecule has 230 valence electrons. The fourth-order valence-corrected chi connectivity index (χ4v) is 7.88. The van der Waals surface area contributed by atoms with E-state index in [-0.39, 0.29) is 0 Å². The van der Waals surface area contributed by atoms with Crippen LogP contribution in [0.4, 0.5) is 0 Å². The molecule has 0 bridgehead atoms. The summed E-state index contributed by atoms with van der Waals surface area (Å²) >= 11 is 1.81. The molecule has 0 N–H and O–H groups in total. The summed E-state index contributed by atoms with van der Waals surface area (Å²) in [6, 6.07) is 61.5. The average molecular weight is 644 g/mol. The van der Waals surface area contributed by atoms with Gasteiger partial charge in [-0.25, -0.2) is 15.0 Å². The molecule has 0 aliphatic rings. The maximum atomic E-state index is 5.20. The summed E-state index contributed by atoms with van der Waals surface area (Å²) in [4.78, 5) is 15.5. The molecule has 0 aliphatic carbocycles. The second-order valence-electron chi connectivity index (χ2n) is 12.0. The van der Waals surface area contributed by atoms with Crippen molar-refractivity contribution in [2.75, 3.05) is 0 Å². The lowest BCUT2D eigenvalue weighted by Crippen LogP contribution is -2.00. The Hall–Kier alpha value is -6.23. The van der Waals surface area contributed by atoms with Gasteiger partial charge in [-0.05, 0) is 51.6 Å². The first-order valence-electron chi connectivity index (χ1n) is 16.4. The Labute approximate surface area is 288 Å². The van der Waals surface area contributed by atoms with Gasteiger partial charge in [0.05, 0.1) is 0 Å². The molecular formula is C45H29N3S. The Morgan fingerprint density at radius 3 is 1.20 bits per heavy atom. The van der Waals surface area contributed by atoms with Gasteiger partial charge in [-0.3, -0.25) is 0 Å². The largest absolute Gasteiger partial charge is 0.208 e. The van der Waals surface area contributed by atoms with Crippen LogP contribution >= 0.6 is 11.3 Å². The maximum absolute atomic E-state index is 5.20. The summed E-state index contributed by atoms with van der Waals surface area (Å²) in [5.41, 5.74) is 9.87. The van der Waals surface area contributed by atoms with Gasteiger partial charge in [0.2, 0.25) is 0 Å². The quantitative estimate of drug-likeness (QED) is 0.181. The van der Waals surface area contributed by atoms with Crippen molar-refractivity contribution in [2.45, 2.75) is 0 Å². The van der Waals surface area contributed by atoms with Gasteiger partial charge in [0.15, 0.2) is 17.5 Å². The summed E-state index contributed by atoms with van der Waals surface area (Å²) in [6.07, 6.45) is 0. The number of aromatic nitrogens is 3. The predicted molar refractivity (Wildman–Crippen MR) is 205 cm³/mol. The maximum Gasteiger partial charge on any atom is 0.165 e. The van der Waals surface area contributed by atoms with Gasteiger partial charge in [-0.2, -0.15) is 0 Å². The van der Waals surface area contributed by atoms with Gasteiger partial charge < -0.3 is 0 Å². The van der Waals surface area contributed by atoms with Gasteiger partial charge in [0.25, 0.3) is 0 Å². The van der Waals surface area contributed by atoms with Crippen LogP contribution in [0.3, 0.4) is 0 Å². The fourth-order valence-electron chi connectivity index (χ4n) is 6.53. The van der Waals surface area contributed by atoms with Crippen LogP contribution in [0.15, 0.2) is 176 Å². The fraction of sp³-hybridized carbons (Fsp3) is 0. The van der Waals surface area contributed by atoms with Gasteiger partial charge in [0, 0.05) is 36.9 Å². The highest BCUT2D eigenvalue weighted by Crippen LogP contribution is 2.43. The zero-order valence-corrected chi connectivity index (χ0v) is 27.3. The van der Waals surface area contributed by atoms with Gasteiger partial charge in [0.1, 0.15) is 0 Å². The van der Waals surface area contributed by atoms with Crippen LogP contribution in [0.5, 0.6) is 0 Å². The lowest BCUT2D eigenvalue weighted by Gasteiger charge is -2.11. The van der Waals surface area contributed by atoms with E-state index in [1.807, 2.05) is 12.1 Å². The predicted octanol–water partition coefficient (Wildman–Crippen LogP) is 12.2. The Morgan fingerprint density at radius 2 is 0.673 bits per heavy atom. The Bertz CT molecular complexity index is 2490. The normalized spacial score (nSPS) is 11.3. The molecule has 49 heavy (non-hydrogen) atoms. The van der Waals surface area contributed by atoms with Crippen LogP contribution in [-0.4, -0.2) is 15.0 Å². The van der Waals surface area contributed by atoms with Crippen LogP contribution in [0.2, 0.25) is 0 Å². The monoisotopic (exact) mass is 643 g/mol. The zero-order chi connectivity index (χ0) is 32.6. The van der Waals surface area contributed by atoms with Crippen molar-refractivity contribution in [1.82, 2.24) is 15.0 Å². The van der Waals surface area contributed by atoms with E-state index in [9.17, 15) is 0 Å². The number of benzene rings is 7. The number of rotatable bonds is 6. The van der Waals surface area contributed by atoms with Crippen molar-refractivity contribution in [3.63, 3.8) is 0 Å². The van der Waals surface area contributed by atoms with Crippen LogP contribution in [0, 0.1) is 0 Å². The van der Waals surface area contributed by atoms with Crippen LogP contribution in [0.25, 0.3) is 87.7 Å². The summed E-state index contributed by atoms with van der Waals surface area (Å²) < 4.78 is 2.43. The molecule has 9 aromatic rings. The SMILES string of the molecule is c1ccc(-c2cccc(-c3nc(-c4cccc(-c5ccccc5)c4)nc(-c4cccc5c4sc4c(-c6ccccc6)cccc45)n3)c2)cc1. The third kappa shape index (κ3) is 5.48. The van der Waals surface area contributed by atoms with Crippen LogP contribution in [0.1, 0.15) is 0 Å². The molecule has 2 aromatic heterocycles. The number of hydrogen-bond acceptors (Lipinski definition) is 4. The molecule has 0 unspecified atom stereocenters. The molecule has 9 rings (SSSR count). The first kappa shape index (κ1) is 29.0. The minimum Gasteiger partial charge on any atom is -0.208 e. The Balaban J connectivity index is 1.26. The lowest BCUT2D eigenvalue weighted by atomic mass is 10.0. The van der Waals surface area contributed by atoms with E-state index in [1.165, 1.54) is 31.3 Å². The van der Waals surface area contributed by atoms with E-state index in [2.05, 4.69) is 164 Å². The first-order valence-corrected chi connectivity index (χ1v) is 17.2. The summed E-state index contributed by atoms with van der Waals surface area (Å²) in [7, 11) is 0. The molecule has 7 aromatic carbocycles. The number of hydrogen-bond donors (Lipinski definition) is 0. The Morgan fingerprint density at radius 1 is 0.286 bits per heavy atom. The highest BCUT2D eigenvalue weighted by molar-refractivity contribution is 7.26. The number of thiophene rings is 1. The molecule has 0 amide bonds. The molecule has 0 fully saturated rings. The van der Waals surface area contributed by atoms with Crippen molar-refractivity contribution in [2.24, 2.45) is 0 Å². The standard InChI is InChI=1S/C45H29N3S/c1-4-14-30(15-5-1)33-20-10-22-35(28-33)43-46-44(36-23-11-21-34(29-36)31-16-6-2-7-17-31)48-45(47-43)40-27-13-26-39-38-25-12-24-37(41(38)49-42(39)40)32-18-8-3-9-19-32/h1-29H. The lowest BCUT2D eigenvalue weighted by molar-refractivity contribution is 1.08. The van der Waals surface area contributed by atoms with Crippen molar-refractivity contribution in [3.05, 3.63) is 176 Å². The topological polar surface area (TPSA) is 38.7 Å². The van der Waals surface area contributed by atoms with E-state index < -0.39 is 0 Å². The van der Waals surface area contributed by atoms with Crippen molar-refractivity contribution < 1.29 is 0 Å². The minimum atomic E-state index is 0.644. The molecule has 0 saturated heterocycles. The molecule has 0 saturated carbocycles. The molecule has 4 heteroatoms. The van der Waals surface area contributed by atoms with Crippen molar-refractivity contribution in [3.8, 4) is 67.5 Å². The highest BCUT2D eigenvalue weighted by Gasteiger charge is 2.18.